The van der Waals surface area contributed by atoms with Crippen molar-refractivity contribution in [3.63, 3.8) is 0 Å². The van der Waals surface area contributed by atoms with Crippen LogP contribution in [0.4, 0.5) is 11.4 Å². The number of sulfonamides is 1. The van der Waals surface area contributed by atoms with Gasteiger partial charge in [-0.1, -0.05) is 42.5 Å². The molecular formula is C27H29N3O6S. The van der Waals surface area contributed by atoms with Crippen molar-refractivity contribution in [3.8, 4) is 0 Å². The van der Waals surface area contributed by atoms with Gasteiger partial charge in [0.15, 0.2) is 0 Å². The molecule has 4 rings (SSSR count). The molecule has 0 bridgehead atoms. The number of hydrogen-bond donors (Lipinski definition) is 1. The highest BCUT2D eigenvalue weighted by Gasteiger charge is 2.42. The molecule has 0 aliphatic carbocycles. The van der Waals surface area contributed by atoms with Crippen LogP contribution in [-0.2, 0) is 29.1 Å². The van der Waals surface area contributed by atoms with Crippen molar-refractivity contribution in [2.45, 2.75) is 43.7 Å². The second kappa shape index (κ2) is 9.85. The van der Waals surface area contributed by atoms with Gasteiger partial charge < -0.3 is 15.0 Å². The van der Waals surface area contributed by atoms with E-state index in [1.165, 1.54) is 13.1 Å². The Morgan fingerprint density at radius 1 is 1.00 bits per heavy atom. The molecule has 1 atom stereocenters. The minimum Gasteiger partial charge on any atom is -0.459 e. The van der Waals surface area contributed by atoms with Crippen molar-refractivity contribution in [2.24, 2.45) is 0 Å². The van der Waals surface area contributed by atoms with Crippen molar-refractivity contribution >= 4 is 50.0 Å². The van der Waals surface area contributed by atoms with Crippen LogP contribution in [0.15, 0.2) is 71.6 Å². The lowest BCUT2D eigenvalue weighted by atomic mass is 10.1. The monoisotopic (exact) mass is 523 g/mol. The lowest BCUT2D eigenvalue weighted by molar-refractivity contribution is -0.158. The molecule has 0 aromatic heterocycles. The van der Waals surface area contributed by atoms with Gasteiger partial charge >= 0.3 is 5.97 Å². The van der Waals surface area contributed by atoms with Gasteiger partial charge in [0.25, 0.3) is 10.0 Å². The number of esters is 1. The Balaban J connectivity index is 1.69. The number of para-hydroxylation sites is 2. The predicted molar refractivity (Wildman–Crippen MR) is 141 cm³/mol. The molecule has 0 fully saturated rings. The van der Waals surface area contributed by atoms with E-state index in [1.54, 1.807) is 63.2 Å². The molecule has 1 N–H and O–H groups in total. The number of carbonyl (C=O) groups excluding carboxylic acids is 3. The van der Waals surface area contributed by atoms with Gasteiger partial charge in [-0.05, 0) is 55.8 Å². The molecule has 1 aliphatic rings. The Hall–Kier alpha value is -3.92. The van der Waals surface area contributed by atoms with Gasteiger partial charge in [0.1, 0.15) is 18.2 Å². The average Bonchev–Trinajstić information content (AvgIpc) is 2.82. The molecule has 0 spiro atoms. The Kier molecular flexibility index (Phi) is 6.96. The summed E-state index contributed by atoms with van der Waals surface area (Å²) in [7, 11) is -2.85. The van der Waals surface area contributed by atoms with Crippen molar-refractivity contribution in [2.75, 3.05) is 23.2 Å². The minimum atomic E-state index is -4.26. The Morgan fingerprint density at radius 3 is 2.35 bits per heavy atom. The van der Waals surface area contributed by atoms with E-state index in [0.29, 0.717) is 5.69 Å². The first-order valence-corrected chi connectivity index (χ1v) is 13.2. The highest BCUT2D eigenvalue weighted by Crippen LogP contribution is 2.37. The summed E-state index contributed by atoms with van der Waals surface area (Å²) in [6, 6.07) is 17.2. The normalized spacial score (nSPS) is 15.6. The maximum absolute atomic E-state index is 14.0. The molecule has 1 unspecified atom stereocenters. The molecule has 0 saturated heterocycles. The van der Waals surface area contributed by atoms with Gasteiger partial charge in [-0.25, -0.2) is 8.42 Å². The number of nitrogens with one attached hydrogen (secondary N) is 1. The summed E-state index contributed by atoms with van der Waals surface area (Å²) in [5.41, 5.74) is -0.149. The summed E-state index contributed by atoms with van der Waals surface area (Å²) in [5, 5.41) is 4.30. The molecule has 0 radical (unpaired) electrons. The summed E-state index contributed by atoms with van der Waals surface area (Å²) in [6.07, 6.45) is -0.466. The summed E-state index contributed by atoms with van der Waals surface area (Å²) < 4.78 is 34.2. The maximum Gasteiger partial charge on any atom is 0.326 e. The second-order valence-corrected chi connectivity index (χ2v) is 11.7. The van der Waals surface area contributed by atoms with E-state index in [0.717, 1.165) is 20.0 Å². The molecule has 37 heavy (non-hydrogen) atoms. The lowest BCUT2D eigenvalue weighted by Crippen LogP contribution is -2.53. The molecule has 194 valence electrons. The zero-order valence-electron chi connectivity index (χ0n) is 21.1. The fraction of sp³-hybridized carbons (Fsp3) is 0.296. The number of anilines is 2. The second-order valence-electron chi connectivity index (χ2n) is 9.87. The van der Waals surface area contributed by atoms with E-state index in [2.05, 4.69) is 5.32 Å². The Bertz CT molecular complexity index is 1480. The lowest BCUT2D eigenvalue weighted by Gasteiger charge is -2.37. The highest BCUT2D eigenvalue weighted by atomic mass is 32.2. The zero-order chi connectivity index (χ0) is 27.0. The van der Waals surface area contributed by atoms with E-state index in [-0.39, 0.29) is 17.1 Å². The van der Waals surface area contributed by atoms with Crippen LogP contribution in [0.3, 0.4) is 0 Å². The summed E-state index contributed by atoms with van der Waals surface area (Å²) >= 11 is 0. The number of likely N-dealkylation sites (N-methyl/N-ethyl adjacent to an activating group) is 1. The molecule has 0 saturated carbocycles. The smallest absolute Gasteiger partial charge is 0.326 e. The molecule has 1 heterocycles. The van der Waals surface area contributed by atoms with E-state index in [1.807, 2.05) is 18.2 Å². The van der Waals surface area contributed by atoms with Gasteiger partial charge in [0.05, 0.1) is 22.7 Å². The predicted octanol–water partition coefficient (Wildman–Crippen LogP) is 3.55. The third kappa shape index (κ3) is 5.59. The minimum absolute atomic E-state index is 0.00439. The van der Waals surface area contributed by atoms with Crippen molar-refractivity contribution in [1.29, 1.82) is 0 Å². The number of hydrogen-bond acceptors (Lipinski definition) is 6. The van der Waals surface area contributed by atoms with Crippen LogP contribution in [0.5, 0.6) is 0 Å². The van der Waals surface area contributed by atoms with Gasteiger partial charge in [-0.2, -0.15) is 0 Å². The first kappa shape index (κ1) is 26.2. The van der Waals surface area contributed by atoms with Crippen LogP contribution in [0.25, 0.3) is 10.8 Å². The van der Waals surface area contributed by atoms with Crippen LogP contribution in [0, 0.1) is 0 Å². The zero-order valence-corrected chi connectivity index (χ0v) is 21.9. The van der Waals surface area contributed by atoms with Crippen molar-refractivity contribution < 1.29 is 27.5 Å². The van der Waals surface area contributed by atoms with Gasteiger partial charge in [-0.3, -0.25) is 18.7 Å². The highest BCUT2D eigenvalue weighted by molar-refractivity contribution is 7.93. The molecule has 1 aliphatic heterocycles. The Labute approximate surface area is 216 Å². The standard InChI is InChI=1S/C27H29N3O6S/c1-27(2,3)36-25(32)17-29(4)24(31)16-23-26(33)28-21-11-7-8-12-22(21)30(23)37(34,35)20-14-13-18-9-5-6-10-19(18)15-20/h5-15,23H,16-17H2,1-4H3,(H,28,33). The first-order valence-electron chi connectivity index (χ1n) is 11.8. The molecule has 2 amide bonds. The number of fused-ring (bicyclic) bond motifs is 2. The van der Waals surface area contributed by atoms with Gasteiger partial charge in [-0.15, -0.1) is 0 Å². The molecule has 10 heteroatoms. The number of ether oxygens (including phenoxy) is 1. The van der Waals surface area contributed by atoms with Crippen LogP contribution in [0.2, 0.25) is 0 Å². The number of nitrogens with zero attached hydrogens (tertiary/aromatic N) is 2. The quantitative estimate of drug-likeness (QED) is 0.495. The summed E-state index contributed by atoms with van der Waals surface area (Å²) in [5.74, 6) is -1.83. The van der Waals surface area contributed by atoms with Crippen molar-refractivity contribution in [1.82, 2.24) is 4.90 Å². The van der Waals surface area contributed by atoms with E-state index >= 15 is 0 Å². The number of rotatable bonds is 6. The molecular weight excluding hydrogens is 494 g/mol. The summed E-state index contributed by atoms with van der Waals surface area (Å²) in [6.45, 7) is 4.81. The third-order valence-electron chi connectivity index (χ3n) is 5.84. The SMILES string of the molecule is CN(CC(=O)OC(C)(C)C)C(=O)CC1C(=O)Nc2ccccc2N1S(=O)(=O)c1ccc2ccccc2c1. The van der Waals surface area contributed by atoms with E-state index in [9.17, 15) is 22.8 Å². The first-order chi connectivity index (χ1) is 17.4. The fourth-order valence-corrected chi connectivity index (χ4v) is 5.82. The molecule has 9 nitrogen and oxygen atoms in total. The van der Waals surface area contributed by atoms with Crippen molar-refractivity contribution in [3.05, 3.63) is 66.7 Å². The van der Waals surface area contributed by atoms with Crippen LogP contribution in [0.1, 0.15) is 27.2 Å². The largest absolute Gasteiger partial charge is 0.459 e. The average molecular weight is 524 g/mol. The van der Waals surface area contributed by atoms with Crippen LogP contribution in [-0.4, -0.2) is 56.3 Å². The summed E-state index contributed by atoms with van der Waals surface area (Å²) in [4.78, 5) is 39.5. The van der Waals surface area contributed by atoms with E-state index < -0.39 is 45.9 Å². The topological polar surface area (TPSA) is 113 Å². The number of benzene rings is 3. The van der Waals surface area contributed by atoms with Crippen LogP contribution < -0.4 is 9.62 Å². The van der Waals surface area contributed by atoms with E-state index in [4.69, 9.17) is 4.74 Å². The van der Waals surface area contributed by atoms with Gasteiger partial charge in [0, 0.05) is 7.05 Å². The number of carbonyl (C=O) groups is 3. The molecule has 3 aromatic carbocycles. The Morgan fingerprint density at radius 2 is 1.65 bits per heavy atom. The maximum atomic E-state index is 14.0. The third-order valence-corrected chi connectivity index (χ3v) is 7.66. The molecule has 3 aromatic rings. The van der Waals surface area contributed by atoms with Crippen LogP contribution >= 0.6 is 0 Å². The van der Waals surface area contributed by atoms with Gasteiger partial charge in [0.2, 0.25) is 11.8 Å². The fourth-order valence-electron chi connectivity index (χ4n) is 4.15. The number of amides is 2.